The fraction of sp³-hybridized carbons (Fsp3) is 0.524. The van der Waals surface area contributed by atoms with Crippen molar-refractivity contribution in [3.8, 4) is 0 Å². The topological polar surface area (TPSA) is 78.4 Å². The molecule has 0 bridgehead atoms. The fourth-order valence-corrected chi connectivity index (χ4v) is 5.16. The first-order chi connectivity index (χ1) is 14.4. The third-order valence-electron chi connectivity index (χ3n) is 5.35. The summed E-state index contributed by atoms with van der Waals surface area (Å²) in [6.45, 7) is 5.97. The van der Waals surface area contributed by atoms with Gasteiger partial charge in [0.05, 0.1) is 10.7 Å². The molecule has 30 heavy (non-hydrogen) atoms. The number of sulfonamides is 1. The number of piperidine rings is 1. The molecule has 0 atom stereocenters. The van der Waals surface area contributed by atoms with E-state index in [1.54, 1.807) is 6.20 Å². The van der Waals surface area contributed by atoms with Gasteiger partial charge in [-0.2, -0.15) is 4.98 Å². The van der Waals surface area contributed by atoms with E-state index in [2.05, 4.69) is 55.4 Å². The van der Waals surface area contributed by atoms with E-state index in [0.29, 0.717) is 19.0 Å². The van der Waals surface area contributed by atoms with Crippen LogP contribution in [0.3, 0.4) is 0 Å². The monoisotopic (exact) mass is 495 g/mol. The Bertz CT molecular complexity index is 962. The van der Waals surface area contributed by atoms with Crippen LogP contribution in [0.15, 0.2) is 34.9 Å². The molecule has 1 saturated heterocycles. The van der Waals surface area contributed by atoms with Crippen molar-refractivity contribution in [3.63, 3.8) is 0 Å². The van der Waals surface area contributed by atoms with E-state index in [1.165, 1.54) is 21.8 Å². The summed E-state index contributed by atoms with van der Waals surface area (Å²) >= 11 is 3.60. The minimum absolute atomic E-state index is 0.167. The SMILES string of the molecule is CC.CS(=O)(=O)N1CCC(Nc2ncc(Br)c(N3CCCc4ccccc43)n2)CC1. The molecule has 0 saturated carbocycles. The number of benzene rings is 1. The van der Waals surface area contributed by atoms with E-state index < -0.39 is 10.0 Å². The van der Waals surface area contributed by atoms with Crippen LogP contribution in [0.2, 0.25) is 0 Å². The molecule has 2 aliphatic rings. The lowest BCUT2D eigenvalue weighted by Gasteiger charge is -2.32. The number of aryl methyl sites for hydroxylation is 1. The number of rotatable bonds is 4. The molecular weight excluding hydrogens is 466 g/mol. The highest BCUT2D eigenvalue weighted by molar-refractivity contribution is 9.10. The average molecular weight is 496 g/mol. The van der Waals surface area contributed by atoms with Gasteiger partial charge in [0.25, 0.3) is 0 Å². The van der Waals surface area contributed by atoms with Crippen LogP contribution in [0.4, 0.5) is 17.5 Å². The Kier molecular flexibility index (Phi) is 7.70. The molecule has 3 heterocycles. The van der Waals surface area contributed by atoms with E-state index >= 15 is 0 Å². The molecule has 0 amide bonds. The van der Waals surface area contributed by atoms with Gasteiger partial charge in [-0.25, -0.2) is 17.7 Å². The number of fused-ring (bicyclic) bond motifs is 1. The minimum Gasteiger partial charge on any atom is -0.351 e. The zero-order valence-electron chi connectivity index (χ0n) is 17.8. The molecule has 4 rings (SSSR count). The van der Waals surface area contributed by atoms with Crippen LogP contribution < -0.4 is 10.2 Å². The van der Waals surface area contributed by atoms with Crippen LogP contribution in [-0.4, -0.2) is 54.6 Å². The van der Waals surface area contributed by atoms with Crippen molar-refractivity contribution in [2.24, 2.45) is 0 Å². The van der Waals surface area contributed by atoms with Gasteiger partial charge in [-0.1, -0.05) is 32.0 Å². The Morgan fingerprint density at radius 3 is 2.53 bits per heavy atom. The van der Waals surface area contributed by atoms with E-state index in [0.717, 1.165) is 42.5 Å². The lowest BCUT2D eigenvalue weighted by molar-refractivity contribution is 0.331. The molecule has 0 aliphatic carbocycles. The molecule has 0 spiro atoms. The van der Waals surface area contributed by atoms with E-state index in [4.69, 9.17) is 4.98 Å². The van der Waals surface area contributed by atoms with Crippen LogP contribution in [-0.2, 0) is 16.4 Å². The molecule has 2 aromatic rings. The molecule has 2 aliphatic heterocycles. The van der Waals surface area contributed by atoms with Crippen LogP contribution in [0.1, 0.15) is 38.7 Å². The van der Waals surface area contributed by atoms with Gasteiger partial charge >= 0.3 is 0 Å². The van der Waals surface area contributed by atoms with Gasteiger partial charge in [-0.3, -0.25) is 0 Å². The number of anilines is 3. The van der Waals surface area contributed by atoms with Crippen molar-refractivity contribution in [2.45, 2.75) is 45.6 Å². The molecule has 1 N–H and O–H groups in total. The summed E-state index contributed by atoms with van der Waals surface area (Å²) in [5.41, 5.74) is 2.53. The van der Waals surface area contributed by atoms with Crippen molar-refractivity contribution < 1.29 is 8.42 Å². The van der Waals surface area contributed by atoms with Crippen molar-refractivity contribution >= 4 is 43.4 Å². The Labute approximate surface area is 188 Å². The maximum absolute atomic E-state index is 11.7. The maximum atomic E-state index is 11.7. The van der Waals surface area contributed by atoms with Crippen molar-refractivity contribution in [3.05, 3.63) is 40.5 Å². The first-order valence-corrected chi connectivity index (χ1v) is 13.2. The van der Waals surface area contributed by atoms with Gasteiger partial charge in [0, 0.05) is 37.6 Å². The largest absolute Gasteiger partial charge is 0.351 e. The molecule has 0 unspecified atom stereocenters. The van der Waals surface area contributed by atoms with Gasteiger partial charge in [0.2, 0.25) is 16.0 Å². The van der Waals surface area contributed by atoms with Crippen molar-refractivity contribution in [1.29, 1.82) is 0 Å². The quantitative estimate of drug-likeness (QED) is 0.684. The van der Waals surface area contributed by atoms with Crippen LogP contribution >= 0.6 is 15.9 Å². The summed E-state index contributed by atoms with van der Waals surface area (Å²) in [7, 11) is -3.12. The second kappa shape index (κ2) is 10.1. The zero-order valence-corrected chi connectivity index (χ0v) is 20.2. The zero-order chi connectivity index (χ0) is 21.7. The number of aromatic nitrogens is 2. The smallest absolute Gasteiger partial charge is 0.224 e. The predicted octanol–water partition coefficient (Wildman–Crippen LogP) is 4.19. The Morgan fingerprint density at radius 1 is 1.13 bits per heavy atom. The van der Waals surface area contributed by atoms with Gasteiger partial charge in [-0.15, -0.1) is 0 Å². The highest BCUT2D eigenvalue weighted by atomic mass is 79.9. The van der Waals surface area contributed by atoms with E-state index in [1.807, 2.05) is 13.8 Å². The number of hydrogen-bond acceptors (Lipinski definition) is 6. The summed E-state index contributed by atoms with van der Waals surface area (Å²) in [6, 6.07) is 8.61. The second-order valence-electron chi connectivity index (χ2n) is 7.33. The maximum Gasteiger partial charge on any atom is 0.224 e. The average Bonchev–Trinajstić information content (AvgIpc) is 2.76. The normalized spacial score (nSPS) is 17.7. The molecule has 164 valence electrons. The third-order valence-corrected chi connectivity index (χ3v) is 7.21. The van der Waals surface area contributed by atoms with Crippen molar-refractivity contribution in [1.82, 2.24) is 14.3 Å². The van der Waals surface area contributed by atoms with Crippen LogP contribution in [0.5, 0.6) is 0 Å². The number of halogens is 1. The molecule has 0 radical (unpaired) electrons. The highest BCUT2D eigenvalue weighted by Gasteiger charge is 2.26. The Hall–Kier alpha value is -1.71. The minimum atomic E-state index is -3.12. The van der Waals surface area contributed by atoms with Gasteiger partial charge in [-0.05, 0) is 53.2 Å². The standard InChI is InChI=1S/C19H24BrN5O2S.C2H6/c1-28(26,27)24-11-8-15(9-12-24)22-19-21-13-16(20)18(23-19)25-10-4-6-14-5-2-3-7-17(14)25;1-2/h2-3,5,7,13,15H,4,6,8-12H2,1H3,(H,21,22,23);1-2H3. The summed E-state index contributed by atoms with van der Waals surface area (Å²) in [6.07, 6.45) is 6.71. The van der Waals surface area contributed by atoms with Crippen LogP contribution in [0.25, 0.3) is 0 Å². The lowest BCUT2D eigenvalue weighted by atomic mass is 10.0. The first kappa shape index (κ1) is 23.0. The first-order valence-electron chi connectivity index (χ1n) is 10.5. The molecule has 7 nitrogen and oxygen atoms in total. The second-order valence-corrected chi connectivity index (χ2v) is 10.2. The number of para-hydroxylation sites is 1. The third kappa shape index (κ3) is 5.31. The fourth-order valence-electron chi connectivity index (χ4n) is 3.88. The molecule has 1 aromatic carbocycles. The van der Waals surface area contributed by atoms with E-state index in [-0.39, 0.29) is 6.04 Å². The number of nitrogens with zero attached hydrogens (tertiary/aromatic N) is 4. The molecule has 1 aromatic heterocycles. The Balaban J connectivity index is 0.00000124. The lowest BCUT2D eigenvalue weighted by Crippen LogP contribution is -2.42. The highest BCUT2D eigenvalue weighted by Crippen LogP contribution is 2.36. The summed E-state index contributed by atoms with van der Waals surface area (Å²) in [5.74, 6) is 1.44. The number of hydrogen-bond donors (Lipinski definition) is 1. The summed E-state index contributed by atoms with van der Waals surface area (Å²) in [5, 5.41) is 3.39. The van der Waals surface area contributed by atoms with Gasteiger partial charge < -0.3 is 10.2 Å². The van der Waals surface area contributed by atoms with E-state index in [9.17, 15) is 8.42 Å². The Morgan fingerprint density at radius 2 is 1.83 bits per heavy atom. The van der Waals surface area contributed by atoms with Crippen LogP contribution in [0, 0.1) is 0 Å². The predicted molar refractivity (Wildman–Crippen MR) is 126 cm³/mol. The summed E-state index contributed by atoms with van der Waals surface area (Å²) < 4.78 is 25.8. The molecule has 1 fully saturated rings. The summed E-state index contributed by atoms with van der Waals surface area (Å²) in [4.78, 5) is 11.4. The van der Waals surface area contributed by atoms with Gasteiger partial charge in [0.1, 0.15) is 0 Å². The van der Waals surface area contributed by atoms with Gasteiger partial charge in [0.15, 0.2) is 5.82 Å². The van der Waals surface area contributed by atoms with Crippen molar-refractivity contribution in [2.75, 3.05) is 36.1 Å². The molecule has 9 heteroatoms. The molecular formula is C21H30BrN5O2S. The number of nitrogens with one attached hydrogen (secondary N) is 1.